The lowest BCUT2D eigenvalue weighted by Crippen LogP contribution is -2.53. The summed E-state index contributed by atoms with van der Waals surface area (Å²) < 4.78 is 15.6. The molecule has 214 valence electrons. The minimum Gasteiger partial charge on any atom is -0.466 e. The van der Waals surface area contributed by atoms with E-state index in [2.05, 4.69) is 4.98 Å². The number of benzene rings is 3. The Kier molecular flexibility index (Phi) is 8.14. The minimum atomic E-state index is -2.11. The van der Waals surface area contributed by atoms with E-state index < -0.39 is 47.8 Å². The molecule has 3 atom stereocenters. The second kappa shape index (κ2) is 12.1. The van der Waals surface area contributed by atoms with E-state index in [0.29, 0.717) is 6.42 Å². The van der Waals surface area contributed by atoms with E-state index in [-0.39, 0.29) is 17.7 Å². The highest BCUT2D eigenvalue weighted by molar-refractivity contribution is 6.38. The molecule has 0 unspecified atom stereocenters. The first-order valence-electron chi connectivity index (χ1n) is 13.3. The Morgan fingerprint density at radius 3 is 1.93 bits per heavy atom. The van der Waals surface area contributed by atoms with Crippen LogP contribution in [0, 0.1) is 0 Å². The van der Waals surface area contributed by atoms with Crippen molar-refractivity contribution in [3.8, 4) is 0 Å². The molecule has 1 aliphatic heterocycles. The molecule has 5 rings (SSSR count). The van der Waals surface area contributed by atoms with Gasteiger partial charge in [-0.25, -0.2) is 14.4 Å². The van der Waals surface area contributed by atoms with Crippen LogP contribution in [0.1, 0.15) is 44.9 Å². The molecule has 0 saturated heterocycles. The standard InChI is InChI=1S/C32H28N2O8/c1-19-25-23(22-15-9-10-16-24(22)33-25)17-18-34(19)29(36)26(35)27(41-30(37)20-11-5-3-6-12-20)28(32(39)40-2)42-31(38)21-13-7-4-8-14-21/h3-16,19,27-28,33H,17-18H2,1-2H3/t19-,27+,28+/m0/s1. The number of esters is 3. The largest absolute Gasteiger partial charge is 0.466 e. The van der Waals surface area contributed by atoms with E-state index in [1.807, 2.05) is 24.3 Å². The zero-order chi connectivity index (χ0) is 29.8. The molecular weight excluding hydrogens is 540 g/mol. The molecule has 3 aromatic carbocycles. The van der Waals surface area contributed by atoms with Crippen LogP contribution in [0.4, 0.5) is 0 Å². The maximum Gasteiger partial charge on any atom is 0.351 e. The Morgan fingerprint density at radius 1 is 0.786 bits per heavy atom. The molecule has 4 aromatic rings. The monoisotopic (exact) mass is 568 g/mol. The summed E-state index contributed by atoms with van der Waals surface area (Å²) >= 11 is 0. The smallest absolute Gasteiger partial charge is 0.351 e. The summed E-state index contributed by atoms with van der Waals surface area (Å²) in [6.45, 7) is 1.98. The van der Waals surface area contributed by atoms with Crippen LogP contribution >= 0.6 is 0 Å². The summed E-state index contributed by atoms with van der Waals surface area (Å²) in [6.07, 6.45) is -3.68. The Balaban J connectivity index is 1.47. The van der Waals surface area contributed by atoms with E-state index >= 15 is 0 Å². The number of Topliss-reactive ketones (excluding diaryl/α,β-unsaturated/α-hetero) is 1. The van der Waals surface area contributed by atoms with Gasteiger partial charge in [0.1, 0.15) is 0 Å². The summed E-state index contributed by atoms with van der Waals surface area (Å²) in [7, 11) is 1.03. The molecule has 0 fully saturated rings. The maximum atomic E-state index is 13.8. The van der Waals surface area contributed by atoms with E-state index in [0.717, 1.165) is 29.3 Å². The summed E-state index contributed by atoms with van der Waals surface area (Å²) in [5.41, 5.74) is 2.87. The quantitative estimate of drug-likeness (QED) is 0.193. The molecule has 0 bridgehead atoms. The van der Waals surface area contributed by atoms with Gasteiger partial charge in [-0.3, -0.25) is 9.59 Å². The summed E-state index contributed by atoms with van der Waals surface area (Å²) in [4.78, 5) is 71.1. The lowest BCUT2D eigenvalue weighted by Gasteiger charge is -2.34. The topological polar surface area (TPSA) is 132 Å². The van der Waals surface area contributed by atoms with E-state index in [1.54, 1.807) is 43.3 Å². The van der Waals surface area contributed by atoms with Crippen molar-refractivity contribution in [1.82, 2.24) is 9.88 Å². The average Bonchev–Trinajstić information content (AvgIpc) is 3.42. The molecule has 1 N–H and O–H groups in total. The fraction of sp³-hybridized carbons (Fsp3) is 0.219. The van der Waals surface area contributed by atoms with Crippen molar-refractivity contribution in [3.63, 3.8) is 0 Å². The number of hydrogen-bond donors (Lipinski definition) is 1. The van der Waals surface area contributed by atoms with Crippen LogP contribution in [-0.2, 0) is 35.0 Å². The van der Waals surface area contributed by atoms with Crippen molar-refractivity contribution < 1.29 is 38.2 Å². The number of nitrogens with one attached hydrogen (secondary N) is 1. The van der Waals surface area contributed by atoms with Crippen LogP contribution in [-0.4, -0.2) is 65.3 Å². The first-order valence-corrected chi connectivity index (χ1v) is 13.3. The number of aromatic nitrogens is 1. The van der Waals surface area contributed by atoms with Crippen LogP contribution in [0.2, 0.25) is 0 Å². The number of aromatic amines is 1. The minimum absolute atomic E-state index is 0.0646. The van der Waals surface area contributed by atoms with Gasteiger partial charge in [-0.1, -0.05) is 54.6 Å². The Hall–Kier alpha value is -5.25. The van der Waals surface area contributed by atoms with Crippen molar-refractivity contribution in [2.24, 2.45) is 0 Å². The SMILES string of the molecule is COC(=O)[C@H](OC(=O)c1ccccc1)[C@H](OC(=O)c1ccccc1)C(=O)C(=O)N1CCc2c([nH]c3ccccc23)[C@@H]1C. The van der Waals surface area contributed by atoms with Gasteiger partial charge in [0.15, 0.2) is 0 Å². The van der Waals surface area contributed by atoms with Gasteiger partial charge in [-0.2, -0.15) is 0 Å². The highest BCUT2D eigenvalue weighted by Crippen LogP contribution is 2.34. The number of ketones is 1. The van der Waals surface area contributed by atoms with Gasteiger partial charge in [0.05, 0.1) is 24.3 Å². The zero-order valence-corrected chi connectivity index (χ0v) is 22.9. The number of H-pyrrole nitrogens is 1. The number of carbonyl (C=O) groups excluding carboxylic acids is 5. The van der Waals surface area contributed by atoms with Gasteiger partial charge in [0.2, 0.25) is 12.2 Å². The molecule has 0 saturated carbocycles. The normalized spacial score (nSPS) is 15.7. The van der Waals surface area contributed by atoms with Crippen LogP contribution in [0.15, 0.2) is 84.9 Å². The number of carbonyl (C=O) groups is 5. The number of amides is 1. The van der Waals surface area contributed by atoms with Gasteiger partial charge < -0.3 is 24.1 Å². The third-order valence-corrected chi connectivity index (χ3v) is 7.26. The lowest BCUT2D eigenvalue weighted by molar-refractivity contribution is -0.165. The van der Waals surface area contributed by atoms with Gasteiger partial charge in [-0.15, -0.1) is 0 Å². The molecule has 0 aliphatic carbocycles. The molecule has 10 nitrogen and oxygen atoms in total. The van der Waals surface area contributed by atoms with Crippen LogP contribution < -0.4 is 0 Å². The maximum absolute atomic E-state index is 13.8. The molecule has 42 heavy (non-hydrogen) atoms. The van der Waals surface area contributed by atoms with Crippen molar-refractivity contribution in [2.75, 3.05) is 13.7 Å². The summed E-state index contributed by atoms with van der Waals surface area (Å²) in [6, 6.07) is 22.7. The highest BCUT2D eigenvalue weighted by Gasteiger charge is 2.46. The van der Waals surface area contributed by atoms with Crippen molar-refractivity contribution >= 4 is 40.5 Å². The van der Waals surface area contributed by atoms with Gasteiger partial charge in [-0.05, 0) is 49.2 Å². The van der Waals surface area contributed by atoms with Crippen molar-refractivity contribution in [1.29, 1.82) is 0 Å². The number of nitrogens with zero attached hydrogens (tertiary/aromatic N) is 1. The molecule has 1 aliphatic rings. The molecular formula is C32H28N2O8. The first kappa shape index (κ1) is 28.3. The second-order valence-corrected chi connectivity index (χ2v) is 9.76. The van der Waals surface area contributed by atoms with Crippen LogP contribution in [0.3, 0.4) is 0 Å². The number of rotatable bonds is 8. The van der Waals surface area contributed by atoms with Crippen LogP contribution in [0.5, 0.6) is 0 Å². The predicted molar refractivity (Wildman–Crippen MR) is 150 cm³/mol. The van der Waals surface area contributed by atoms with E-state index in [1.165, 1.54) is 29.2 Å². The molecule has 1 amide bonds. The second-order valence-electron chi connectivity index (χ2n) is 9.76. The molecule has 0 spiro atoms. The number of hydrogen-bond acceptors (Lipinski definition) is 8. The van der Waals surface area contributed by atoms with Gasteiger partial charge in [0, 0.05) is 23.1 Å². The van der Waals surface area contributed by atoms with Crippen molar-refractivity contribution in [2.45, 2.75) is 31.6 Å². The van der Waals surface area contributed by atoms with Gasteiger partial charge in [0.25, 0.3) is 11.7 Å². The number of fused-ring (bicyclic) bond motifs is 3. The fourth-order valence-electron chi connectivity index (χ4n) is 5.09. The number of methoxy groups -OCH3 is 1. The van der Waals surface area contributed by atoms with Crippen LogP contribution in [0.25, 0.3) is 10.9 Å². The third-order valence-electron chi connectivity index (χ3n) is 7.26. The molecule has 1 aromatic heterocycles. The highest BCUT2D eigenvalue weighted by atomic mass is 16.6. The zero-order valence-electron chi connectivity index (χ0n) is 22.9. The number of ether oxygens (including phenoxy) is 3. The third kappa shape index (κ3) is 5.51. The fourth-order valence-corrected chi connectivity index (χ4v) is 5.09. The van der Waals surface area contributed by atoms with E-state index in [4.69, 9.17) is 14.2 Å². The summed E-state index contributed by atoms with van der Waals surface area (Å²) in [5.74, 6) is -5.36. The first-order chi connectivity index (χ1) is 20.3. The summed E-state index contributed by atoms with van der Waals surface area (Å²) in [5, 5.41) is 1.03. The molecule has 0 radical (unpaired) electrons. The Morgan fingerprint density at radius 2 is 1.33 bits per heavy atom. The predicted octanol–water partition coefficient (Wildman–Crippen LogP) is 3.81. The Labute approximate surface area is 241 Å². The molecule has 2 heterocycles. The Bertz CT molecular complexity index is 1650. The van der Waals surface area contributed by atoms with Crippen molar-refractivity contribution in [3.05, 3.63) is 107 Å². The average molecular weight is 569 g/mol. The number of para-hydroxylation sites is 1. The molecule has 10 heteroatoms. The lowest BCUT2D eigenvalue weighted by atomic mass is 9.97. The van der Waals surface area contributed by atoms with E-state index in [9.17, 15) is 24.0 Å². The van der Waals surface area contributed by atoms with Gasteiger partial charge >= 0.3 is 17.9 Å².